The molecule has 192 valence electrons. The summed E-state index contributed by atoms with van der Waals surface area (Å²) in [7, 11) is 1.71. The number of carboxylic acid groups (broad SMARTS) is 1. The number of aromatic nitrogens is 2. The lowest BCUT2D eigenvalue weighted by Gasteiger charge is -2.18. The quantitative estimate of drug-likeness (QED) is 0.276. The number of carboxylic acids is 1. The third kappa shape index (κ3) is 6.06. The van der Waals surface area contributed by atoms with Crippen molar-refractivity contribution in [1.29, 1.82) is 0 Å². The molecule has 37 heavy (non-hydrogen) atoms. The van der Waals surface area contributed by atoms with Crippen molar-refractivity contribution in [3.8, 4) is 34.0 Å². The molecule has 0 atom stereocenters. The van der Waals surface area contributed by atoms with Crippen LogP contribution in [0, 0.1) is 12.7 Å². The van der Waals surface area contributed by atoms with E-state index in [1.165, 1.54) is 12.1 Å². The number of halogens is 3. The van der Waals surface area contributed by atoms with Crippen LogP contribution in [-0.2, 0) is 17.3 Å². The van der Waals surface area contributed by atoms with Crippen LogP contribution in [-0.4, -0.2) is 39.7 Å². The second kappa shape index (κ2) is 10.6. The second-order valence-corrected chi connectivity index (χ2v) is 9.07. The molecule has 9 heteroatoms. The lowest BCUT2D eigenvalue weighted by molar-refractivity contribution is -0.137. The summed E-state index contributed by atoms with van der Waals surface area (Å²) >= 11 is 0. The fraction of sp³-hybridized carbons (Fsp3) is 0.250. The van der Waals surface area contributed by atoms with Crippen molar-refractivity contribution < 1.29 is 27.6 Å². The summed E-state index contributed by atoms with van der Waals surface area (Å²) in [5.41, 5.74) is 2.91. The number of alkyl halides is 2. The van der Waals surface area contributed by atoms with Crippen LogP contribution >= 0.6 is 0 Å². The Balaban J connectivity index is 1.60. The zero-order chi connectivity index (χ0) is 26.7. The monoisotopic (exact) mass is 509 g/mol. The summed E-state index contributed by atoms with van der Waals surface area (Å²) < 4.78 is 49.3. The van der Waals surface area contributed by atoms with Crippen LogP contribution in [0.25, 0.3) is 34.0 Å². The molecule has 1 N–H and O–H groups in total. The van der Waals surface area contributed by atoms with Crippen molar-refractivity contribution >= 4 is 5.97 Å². The van der Waals surface area contributed by atoms with Gasteiger partial charge in [0.25, 0.3) is 11.8 Å². The van der Waals surface area contributed by atoms with Crippen LogP contribution in [0.4, 0.5) is 13.2 Å². The predicted molar refractivity (Wildman–Crippen MR) is 133 cm³/mol. The molecular weight excluding hydrogens is 483 g/mol. The minimum absolute atomic E-state index is 0.0368. The molecule has 4 aromatic rings. The van der Waals surface area contributed by atoms with E-state index in [0.717, 1.165) is 12.5 Å². The molecule has 0 aliphatic carbocycles. The van der Waals surface area contributed by atoms with E-state index in [2.05, 4.69) is 10.1 Å². The standard InChI is InChI=1S/C28H26F3N3O3/c1-17-6-4-5-7-21(17)22-11-10-19(14-23(22)28(2,30)31)27-32-26(33-37-27)18-8-9-20(24(29)15-18)16-34(3)13-12-25(35)36/h4-11,14-15H,12-13,16H2,1-3H3,(H,35,36). The predicted octanol–water partition coefficient (Wildman–Crippen LogP) is 6.54. The smallest absolute Gasteiger partial charge is 0.304 e. The first-order chi connectivity index (χ1) is 17.5. The summed E-state index contributed by atoms with van der Waals surface area (Å²) in [4.78, 5) is 16.7. The lowest BCUT2D eigenvalue weighted by atomic mass is 9.92. The Bertz CT molecular complexity index is 1430. The molecule has 3 aromatic carbocycles. The lowest BCUT2D eigenvalue weighted by Crippen LogP contribution is -2.21. The highest BCUT2D eigenvalue weighted by Gasteiger charge is 2.29. The van der Waals surface area contributed by atoms with Crippen LogP contribution in [0.2, 0.25) is 0 Å². The summed E-state index contributed by atoms with van der Waals surface area (Å²) in [6, 6.07) is 16.4. The highest BCUT2D eigenvalue weighted by atomic mass is 19.3. The molecule has 0 bridgehead atoms. The Morgan fingerprint density at radius 2 is 1.78 bits per heavy atom. The van der Waals surface area contributed by atoms with Gasteiger partial charge in [-0.15, -0.1) is 0 Å². The van der Waals surface area contributed by atoms with Crippen molar-refractivity contribution in [3.05, 3.63) is 83.2 Å². The molecule has 0 saturated heterocycles. The Kier molecular flexibility index (Phi) is 7.45. The highest BCUT2D eigenvalue weighted by molar-refractivity contribution is 5.75. The maximum atomic E-state index is 14.7. The van der Waals surface area contributed by atoms with Crippen LogP contribution in [0.3, 0.4) is 0 Å². The van der Waals surface area contributed by atoms with Crippen LogP contribution in [0.15, 0.2) is 65.2 Å². The van der Waals surface area contributed by atoms with Crippen molar-refractivity contribution in [2.24, 2.45) is 0 Å². The third-order valence-electron chi connectivity index (χ3n) is 6.06. The summed E-state index contributed by atoms with van der Waals surface area (Å²) in [6.45, 7) is 3.23. The normalized spacial score (nSPS) is 11.8. The number of aryl methyl sites for hydroxylation is 1. The molecule has 0 aliphatic rings. The molecule has 6 nitrogen and oxygen atoms in total. The maximum absolute atomic E-state index is 14.7. The van der Waals surface area contributed by atoms with Gasteiger partial charge in [-0.3, -0.25) is 4.79 Å². The number of benzene rings is 3. The SMILES string of the molecule is Cc1ccccc1-c1ccc(-c2nc(-c3ccc(CN(C)CCC(=O)O)c(F)c3)no2)cc1C(C)(F)F. The van der Waals surface area contributed by atoms with E-state index in [0.29, 0.717) is 27.8 Å². The minimum Gasteiger partial charge on any atom is -0.481 e. The first-order valence-corrected chi connectivity index (χ1v) is 11.6. The number of hydrogen-bond acceptors (Lipinski definition) is 5. The Morgan fingerprint density at radius 3 is 2.46 bits per heavy atom. The molecule has 1 aromatic heterocycles. The van der Waals surface area contributed by atoms with Crippen LogP contribution < -0.4 is 0 Å². The summed E-state index contributed by atoms with van der Waals surface area (Å²) in [6.07, 6.45) is -0.0422. The number of carbonyl (C=O) groups is 1. The second-order valence-electron chi connectivity index (χ2n) is 9.07. The summed E-state index contributed by atoms with van der Waals surface area (Å²) in [5, 5.41) is 12.7. The first-order valence-electron chi connectivity index (χ1n) is 11.6. The largest absolute Gasteiger partial charge is 0.481 e. The highest BCUT2D eigenvalue weighted by Crippen LogP contribution is 2.39. The maximum Gasteiger partial charge on any atom is 0.304 e. The van der Waals surface area contributed by atoms with Crippen LogP contribution in [0.5, 0.6) is 0 Å². The molecule has 0 aliphatic heterocycles. The van der Waals surface area contributed by atoms with E-state index in [9.17, 15) is 18.0 Å². The van der Waals surface area contributed by atoms with Gasteiger partial charge in [0.1, 0.15) is 5.82 Å². The van der Waals surface area contributed by atoms with Gasteiger partial charge in [0.05, 0.1) is 6.42 Å². The molecule has 4 rings (SSSR count). The number of nitrogens with zero attached hydrogens (tertiary/aromatic N) is 3. The van der Waals surface area contributed by atoms with Gasteiger partial charge in [0, 0.05) is 42.3 Å². The zero-order valence-electron chi connectivity index (χ0n) is 20.6. The molecule has 0 radical (unpaired) electrons. The van der Waals surface area contributed by atoms with E-state index < -0.39 is 17.7 Å². The topological polar surface area (TPSA) is 79.5 Å². The van der Waals surface area contributed by atoms with Crippen molar-refractivity contribution in [1.82, 2.24) is 15.0 Å². The minimum atomic E-state index is -3.12. The molecule has 0 unspecified atom stereocenters. The Morgan fingerprint density at radius 1 is 1.05 bits per heavy atom. The molecular formula is C28H26F3N3O3. The van der Waals surface area contributed by atoms with E-state index in [-0.39, 0.29) is 36.8 Å². The van der Waals surface area contributed by atoms with E-state index in [4.69, 9.17) is 9.63 Å². The van der Waals surface area contributed by atoms with Gasteiger partial charge in [-0.2, -0.15) is 4.98 Å². The van der Waals surface area contributed by atoms with Gasteiger partial charge < -0.3 is 14.5 Å². The number of rotatable bonds is 9. The van der Waals surface area contributed by atoms with Crippen molar-refractivity contribution in [2.45, 2.75) is 32.7 Å². The van der Waals surface area contributed by atoms with Gasteiger partial charge in [0.15, 0.2) is 0 Å². The fourth-order valence-corrected chi connectivity index (χ4v) is 4.08. The number of aliphatic carboxylic acids is 1. The van der Waals surface area contributed by atoms with Gasteiger partial charge in [-0.05, 0) is 48.9 Å². The summed E-state index contributed by atoms with van der Waals surface area (Å²) in [5.74, 6) is -4.38. The Hall–Kier alpha value is -3.98. The molecule has 0 saturated carbocycles. The molecule has 0 fully saturated rings. The molecule has 0 spiro atoms. The van der Waals surface area contributed by atoms with Crippen molar-refractivity contribution in [3.63, 3.8) is 0 Å². The third-order valence-corrected chi connectivity index (χ3v) is 6.06. The number of hydrogen-bond donors (Lipinski definition) is 1. The van der Waals surface area contributed by atoms with Gasteiger partial charge in [0.2, 0.25) is 5.82 Å². The van der Waals surface area contributed by atoms with Crippen LogP contribution in [0.1, 0.15) is 30.0 Å². The average molecular weight is 510 g/mol. The van der Waals surface area contributed by atoms with Gasteiger partial charge in [-0.1, -0.05) is 47.6 Å². The first kappa shape index (κ1) is 26.1. The van der Waals surface area contributed by atoms with E-state index >= 15 is 0 Å². The Labute approximate surface area is 212 Å². The van der Waals surface area contributed by atoms with E-state index in [1.807, 2.05) is 19.1 Å². The molecule has 1 heterocycles. The van der Waals surface area contributed by atoms with Gasteiger partial charge >= 0.3 is 5.97 Å². The van der Waals surface area contributed by atoms with Crippen molar-refractivity contribution in [2.75, 3.05) is 13.6 Å². The molecule has 0 amide bonds. The fourth-order valence-electron chi connectivity index (χ4n) is 4.08. The van der Waals surface area contributed by atoms with Gasteiger partial charge in [-0.25, -0.2) is 13.2 Å². The average Bonchev–Trinajstić information content (AvgIpc) is 3.34. The zero-order valence-corrected chi connectivity index (χ0v) is 20.6. The van der Waals surface area contributed by atoms with E-state index in [1.54, 1.807) is 48.3 Å².